The van der Waals surface area contributed by atoms with Crippen LogP contribution in [0.15, 0.2) is 42.6 Å². The number of methoxy groups -OCH3 is 1. The molecule has 4 heteroatoms. The molecule has 0 spiro atoms. The number of nitrogens with zero attached hydrogens (tertiary/aromatic N) is 1. The van der Waals surface area contributed by atoms with Crippen LogP contribution in [0.1, 0.15) is 15.4 Å². The number of rotatable bonds is 5. The Balaban J connectivity index is 1.81. The van der Waals surface area contributed by atoms with Crippen LogP contribution in [0.4, 0.5) is 0 Å². The maximum atomic E-state index is 5.51. The van der Waals surface area contributed by atoms with Crippen molar-refractivity contribution in [1.29, 1.82) is 0 Å². The fourth-order valence-corrected chi connectivity index (χ4v) is 3.22. The minimum absolute atomic E-state index is 0.767. The van der Waals surface area contributed by atoms with Gasteiger partial charge in [0.25, 0.3) is 0 Å². The van der Waals surface area contributed by atoms with Gasteiger partial charge in [0.2, 0.25) is 0 Å². The average molecular weight is 298 g/mol. The highest BCUT2D eigenvalue weighted by molar-refractivity contribution is 7.11. The fourth-order valence-electron chi connectivity index (χ4n) is 2.47. The monoisotopic (exact) mass is 298 g/mol. The van der Waals surface area contributed by atoms with Crippen LogP contribution in [0, 0.1) is 6.92 Å². The topological polar surface area (TPSA) is 34.1 Å². The van der Waals surface area contributed by atoms with Gasteiger partial charge in [-0.1, -0.05) is 30.3 Å². The van der Waals surface area contributed by atoms with Gasteiger partial charge in [-0.25, -0.2) is 4.98 Å². The summed E-state index contributed by atoms with van der Waals surface area (Å²) < 4.78 is 5.51. The van der Waals surface area contributed by atoms with E-state index in [0.717, 1.165) is 23.8 Å². The summed E-state index contributed by atoms with van der Waals surface area (Å²) in [5, 5.41) is 7.06. The molecule has 1 N–H and O–H groups in total. The predicted octanol–water partition coefficient (Wildman–Crippen LogP) is 3.90. The molecular formula is C17H18N2OS. The molecule has 3 nitrogen and oxygen atoms in total. The van der Waals surface area contributed by atoms with Gasteiger partial charge in [-0.3, -0.25) is 0 Å². The van der Waals surface area contributed by atoms with E-state index < -0.39 is 0 Å². The van der Waals surface area contributed by atoms with E-state index in [2.05, 4.69) is 47.6 Å². The molecule has 0 radical (unpaired) electrons. The van der Waals surface area contributed by atoms with Crippen LogP contribution in [-0.2, 0) is 13.1 Å². The van der Waals surface area contributed by atoms with Gasteiger partial charge in [-0.15, -0.1) is 11.3 Å². The molecule has 0 saturated carbocycles. The van der Waals surface area contributed by atoms with Gasteiger partial charge in [0.05, 0.1) is 7.11 Å². The molecular weight excluding hydrogens is 280 g/mol. The van der Waals surface area contributed by atoms with Gasteiger partial charge in [0, 0.05) is 29.7 Å². The number of hydrogen-bond acceptors (Lipinski definition) is 4. The van der Waals surface area contributed by atoms with E-state index in [1.165, 1.54) is 21.2 Å². The summed E-state index contributed by atoms with van der Waals surface area (Å²) in [6.07, 6.45) is 1.92. The molecule has 0 saturated heterocycles. The van der Waals surface area contributed by atoms with Gasteiger partial charge >= 0.3 is 0 Å². The molecule has 0 fully saturated rings. The van der Waals surface area contributed by atoms with Crippen LogP contribution in [0.25, 0.3) is 10.8 Å². The van der Waals surface area contributed by atoms with Gasteiger partial charge in [-0.05, 0) is 23.8 Å². The predicted molar refractivity (Wildman–Crippen MR) is 87.9 cm³/mol. The van der Waals surface area contributed by atoms with Gasteiger partial charge in [0.1, 0.15) is 10.8 Å². The van der Waals surface area contributed by atoms with E-state index in [1.807, 2.05) is 12.3 Å². The van der Waals surface area contributed by atoms with E-state index in [4.69, 9.17) is 4.74 Å². The van der Waals surface area contributed by atoms with Crippen LogP contribution < -0.4 is 10.1 Å². The highest BCUT2D eigenvalue weighted by Gasteiger charge is 2.08. The molecule has 0 atom stereocenters. The Bertz CT molecular complexity index is 751. The fraction of sp³-hybridized carbons (Fsp3) is 0.235. The molecule has 1 aromatic heterocycles. The number of thiazole rings is 1. The van der Waals surface area contributed by atoms with Crippen molar-refractivity contribution in [3.05, 3.63) is 58.0 Å². The number of nitrogens with one attached hydrogen (secondary N) is 1. The highest BCUT2D eigenvalue weighted by atomic mass is 32.1. The summed E-state index contributed by atoms with van der Waals surface area (Å²) in [5.74, 6) is 0.927. The number of aryl methyl sites for hydroxylation is 1. The van der Waals surface area contributed by atoms with Crippen LogP contribution in [0.5, 0.6) is 5.75 Å². The molecule has 0 unspecified atom stereocenters. The van der Waals surface area contributed by atoms with Crippen LogP contribution in [0.2, 0.25) is 0 Å². The lowest BCUT2D eigenvalue weighted by atomic mass is 10.0. The third-order valence-electron chi connectivity index (χ3n) is 3.46. The molecule has 0 aliphatic heterocycles. The Morgan fingerprint density at radius 3 is 2.76 bits per heavy atom. The Kier molecular flexibility index (Phi) is 4.18. The number of hydrogen-bond donors (Lipinski definition) is 1. The second-order valence-corrected chi connectivity index (χ2v) is 6.26. The molecule has 1 heterocycles. The lowest BCUT2D eigenvalue weighted by Gasteiger charge is -2.12. The second kappa shape index (κ2) is 6.24. The van der Waals surface area contributed by atoms with Gasteiger partial charge in [-0.2, -0.15) is 0 Å². The first-order chi connectivity index (χ1) is 10.3. The van der Waals surface area contributed by atoms with E-state index in [1.54, 1.807) is 18.4 Å². The van der Waals surface area contributed by atoms with E-state index in [-0.39, 0.29) is 0 Å². The molecule has 0 aliphatic rings. The Labute approximate surface area is 128 Å². The van der Waals surface area contributed by atoms with Crippen LogP contribution in [-0.4, -0.2) is 12.1 Å². The molecule has 3 rings (SSSR count). The zero-order valence-corrected chi connectivity index (χ0v) is 13.0. The number of aromatic nitrogens is 1. The first-order valence-electron chi connectivity index (χ1n) is 6.94. The highest BCUT2D eigenvalue weighted by Crippen LogP contribution is 2.27. The summed E-state index contributed by atoms with van der Waals surface area (Å²) in [5.41, 5.74) is 1.20. The molecule has 0 bridgehead atoms. The van der Waals surface area contributed by atoms with E-state index in [9.17, 15) is 0 Å². The standard InChI is InChI=1S/C17H18N2OS/c1-12-9-19-17(21-12)11-18-10-15-14-6-4-3-5-13(14)7-8-16(15)20-2/h3-9,18H,10-11H2,1-2H3. The lowest BCUT2D eigenvalue weighted by molar-refractivity contribution is 0.408. The summed E-state index contributed by atoms with van der Waals surface area (Å²) in [6.45, 7) is 3.63. The average Bonchev–Trinajstić information content (AvgIpc) is 2.93. The molecule has 0 amide bonds. The van der Waals surface area contributed by atoms with Crippen LogP contribution >= 0.6 is 11.3 Å². The van der Waals surface area contributed by atoms with E-state index in [0.29, 0.717) is 0 Å². The van der Waals surface area contributed by atoms with E-state index >= 15 is 0 Å². The summed E-state index contributed by atoms with van der Waals surface area (Å²) >= 11 is 1.73. The first kappa shape index (κ1) is 14.0. The molecule has 108 valence electrons. The quantitative estimate of drug-likeness (QED) is 0.775. The number of fused-ring (bicyclic) bond motifs is 1. The normalized spacial score (nSPS) is 11.0. The van der Waals surface area contributed by atoms with Gasteiger partial charge < -0.3 is 10.1 Å². The first-order valence-corrected chi connectivity index (χ1v) is 7.76. The Morgan fingerprint density at radius 2 is 2.00 bits per heavy atom. The maximum Gasteiger partial charge on any atom is 0.123 e. The van der Waals surface area contributed by atoms with Crippen molar-refractivity contribution < 1.29 is 4.74 Å². The molecule has 3 aromatic rings. The molecule has 0 aliphatic carbocycles. The van der Waals surface area contributed by atoms with Crippen molar-refractivity contribution in [3.8, 4) is 5.75 Å². The van der Waals surface area contributed by atoms with Crippen molar-refractivity contribution >= 4 is 22.1 Å². The zero-order valence-electron chi connectivity index (χ0n) is 12.2. The van der Waals surface area contributed by atoms with Crippen molar-refractivity contribution in [2.24, 2.45) is 0 Å². The van der Waals surface area contributed by atoms with Gasteiger partial charge in [0.15, 0.2) is 0 Å². The SMILES string of the molecule is COc1ccc2ccccc2c1CNCc1ncc(C)s1. The summed E-state index contributed by atoms with van der Waals surface area (Å²) in [7, 11) is 1.72. The maximum absolute atomic E-state index is 5.51. The lowest BCUT2D eigenvalue weighted by Crippen LogP contribution is -2.13. The Hall–Kier alpha value is -1.91. The minimum Gasteiger partial charge on any atom is -0.496 e. The largest absolute Gasteiger partial charge is 0.496 e. The minimum atomic E-state index is 0.767. The smallest absolute Gasteiger partial charge is 0.123 e. The third-order valence-corrected chi connectivity index (χ3v) is 4.38. The summed E-state index contributed by atoms with van der Waals surface area (Å²) in [4.78, 5) is 5.62. The Morgan fingerprint density at radius 1 is 1.14 bits per heavy atom. The number of benzene rings is 2. The summed E-state index contributed by atoms with van der Waals surface area (Å²) in [6, 6.07) is 12.5. The second-order valence-electron chi connectivity index (χ2n) is 4.94. The zero-order chi connectivity index (χ0) is 14.7. The number of ether oxygens (including phenoxy) is 1. The van der Waals surface area contributed by atoms with Crippen molar-refractivity contribution in [2.75, 3.05) is 7.11 Å². The van der Waals surface area contributed by atoms with Crippen molar-refractivity contribution in [1.82, 2.24) is 10.3 Å². The third kappa shape index (κ3) is 3.06. The van der Waals surface area contributed by atoms with Crippen molar-refractivity contribution in [2.45, 2.75) is 20.0 Å². The molecule has 2 aromatic carbocycles. The van der Waals surface area contributed by atoms with Crippen LogP contribution in [0.3, 0.4) is 0 Å². The molecule has 21 heavy (non-hydrogen) atoms. The van der Waals surface area contributed by atoms with Crippen molar-refractivity contribution in [3.63, 3.8) is 0 Å².